The first-order chi connectivity index (χ1) is 9.07. The van der Waals surface area contributed by atoms with E-state index in [1.807, 2.05) is 0 Å². The molecule has 0 aromatic heterocycles. The first-order valence-electron chi connectivity index (χ1n) is 6.81. The second-order valence-electron chi connectivity index (χ2n) is 5.31. The predicted octanol–water partition coefficient (Wildman–Crippen LogP) is 2.95. The van der Waals surface area contributed by atoms with Gasteiger partial charge in [-0.2, -0.15) is 0 Å². The molecule has 3 nitrogen and oxygen atoms in total. The van der Waals surface area contributed by atoms with E-state index in [9.17, 15) is 14.6 Å². The zero-order valence-corrected chi connectivity index (χ0v) is 11.2. The maximum absolute atomic E-state index is 14.0. The molecule has 2 N–H and O–H groups in total. The van der Waals surface area contributed by atoms with E-state index < -0.39 is 17.5 Å². The van der Waals surface area contributed by atoms with Crippen LogP contribution in [0.15, 0.2) is 18.2 Å². The summed E-state index contributed by atoms with van der Waals surface area (Å²) in [6.45, 7) is 0. The third kappa shape index (κ3) is 3.07. The Morgan fingerprint density at radius 1 is 1.21 bits per heavy atom. The fraction of sp³-hybridized carbons (Fsp3) is 0.600. The summed E-state index contributed by atoms with van der Waals surface area (Å²) in [7, 11) is 1.46. The molecule has 1 saturated carbocycles. The predicted molar refractivity (Wildman–Crippen MR) is 70.6 cm³/mol. The van der Waals surface area contributed by atoms with Gasteiger partial charge in [0.2, 0.25) is 0 Å². The number of ether oxygens (including phenoxy) is 1. The van der Waals surface area contributed by atoms with E-state index in [-0.39, 0.29) is 5.56 Å². The van der Waals surface area contributed by atoms with Crippen molar-refractivity contribution in [2.24, 2.45) is 0 Å². The molecule has 1 aromatic rings. The van der Waals surface area contributed by atoms with Gasteiger partial charge in [0.25, 0.3) is 0 Å². The Hall–Kier alpha value is -1.13. The summed E-state index contributed by atoms with van der Waals surface area (Å²) >= 11 is 0. The molecule has 0 heterocycles. The van der Waals surface area contributed by atoms with Crippen LogP contribution in [0.25, 0.3) is 0 Å². The maximum Gasteiger partial charge on any atom is 0.132 e. The Bertz CT molecular complexity index is 425. The minimum absolute atomic E-state index is 0.144. The zero-order valence-electron chi connectivity index (χ0n) is 11.2. The van der Waals surface area contributed by atoms with Crippen LogP contribution in [0.3, 0.4) is 0 Å². The van der Waals surface area contributed by atoms with Crippen molar-refractivity contribution in [3.05, 3.63) is 29.6 Å². The zero-order chi connectivity index (χ0) is 13.9. The van der Waals surface area contributed by atoms with Gasteiger partial charge in [0, 0.05) is 11.6 Å². The van der Waals surface area contributed by atoms with Crippen LogP contribution in [0.4, 0.5) is 4.39 Å². The summed E-state index contributed by atoms with van der Waals surface area (Å²) in [4.78, 5) is 0. The molecule has 4 heteroatoms. The number of hydrogen-bond donors (Lipinski definition) is 2. The molecule has 106 valence electrons. The lowest BCUT2D eigenvalue weighted by atomic mass is 9.84. The highest BCUT2D eigenvalue weighted by molar-refractivity contribution is 5.31. The Balaban J connectivity index is 2.24. The van der Waals surface area contributed by atoms with Gasteiger partial charge in [-0.3, -0.25) is 0 Å². The van der Waals surface area contributed by atoms with Crippen LogP contribution in [0.1, 0.15) is 50.2 Å². The van der Waals surface area contributed by atoms with Crippen molar-refractivity contribution in [1.82, 2.24) is 0 Å². The molecule has 0 aliphatic heterocycles. The van der Waals surface area contributed by atoms with Crippen molar-refractivity contribution in [3.63, 3.8) is 0 Å². The molecule has 1 aromatic carbocycles. The quantitative estimate of drug-likeness (QED) is 0.829. The monoisotopic (exact) mass is 268 g/mol. The van der Waals surface area contributed by atoms with E-state index in [1.54, 1.807) is 6.07 Å². The number of aliphatic hydroxyl groups is 2. The lowest BCUT2D eigenvalue weighted by Crippen LogP contribution is -2.36. The van der Waals surface area contributed by atoms with Crippen LogP contribution in [0.5, 0.6) is 5.75 Å². The summed E-state index contributed by atoms with van der Waals surface area (Å²) < 4.78 is 18.9. The van der Waals surface area contributed by atoms with Crippen LogP contribution in [0.2, 0.25) is 0 Å². The third-order valence-electron chi connectivity index (χ3n) is 3.98. The number of aliphatic hydroxyl groups excluding tert-OH is 1. The SMILES string of the molecule is COc1ccc(C(O)C2(O)CCCCCC2)c(F)c1. The molecule has 0 saturated heterocycles. The van der Waals surface area contributed by atoms with Gasteiger partial charge in [-0.25, -0.2) is 4.39 Å². The first-order valence-corrected chi connectivity index (χ1v) is 6.81. The minimum Gasteiger partial charge on any atom is -0.497 e. The maximum atomic E-state index is 14.0. The van der Waals surface area contributed by atoms with Gasteiger partial charge in [0.15, 0.2) is 0 Å². The highest BCUT2D eigenvalue weighted by atomic mass is 19.1. The molecule has 1 aliphatic carbocycles. The van der Waals surface area contributed by atoms with Gasteiger partial charge >= 0.3 is 0 Å². The molecular formula is C15H21FO3. The molecule has 0 amide bonds. The van der Waals surface area contributed by atoms with Crippen molar-refractivity contribution >= 4 is 0 Å². The van der Waals surface area contributed by atoms with Crippen LogP contribution >= 0.6 is 0 Å². The number of methoxy groups -OCH3 is 1. The third-order valence-corrected chi connectivity index (χ3v) is 3.98. The molecular weight excluding hydrogens is 247 g/mol. The van der Waals surface area contributed by atoms with Crippen LogP contribution < -0.4 is 4.74 Å². The van der Waals surface area contributed by atoms with Gasteiger partial charge in [-0.1, -0.05) is 25.7 Å². The Kier molecular flexibility index (Phi) is 4.42. The molecule has 0 radical (unpaired) electrons. The minimum atomic E-state index is -1.22. The van der Waals surface area contributed by atoms with E-state index in [2.05, 4.69) is 0 Å². The summed E-state index contributed by atoms with van der Waals surface area (Å²) in [5.74, 6) is -0.133. The van der Waals surface area contributed by atoms with E-state index in [4.69, 9.17) is 4.74 Å². The molecule has 0 bridgehead atoms. The van der Waals surface area contributed by atoms with Crippen molar-refractivity contribution in [2.75, 3.05) is 7.11 Å². The van der Waals surface area contributed by atoms with E-state index in [0.717, 1.165) is 25.7 Å². The van der Waals surface area contributed by atoms with Crippen LogP contribution in [-0.4, -0.2) is 22.9 Å². The molecule has 1 aliphatic rings. The molecule has 1 unspecified atom stereocenters. The molecule has 2 rings (SSSR count). The number of hydrogen-bond acceptors (Lipinski definition) is 3. The summed E-state index contributed by atoms with van der Waals surface area (Å²) in [5.41, 5.74) is -1.07. The van der Waals surface area contributed by atoms with E-state index >= 15 is 0 Å². The lowest BCUT2D eigenvalue weighted by molar-refractivity contribution is -0.0880. The average Bonchev–Trinajstić information content (AvgIpc) is 2.63. The highest BCUT2D eigenvalue weighted by Crippen LogP contribution is 2.38. The van der Waals surface area contributed by atoms with Crippen LogP contribution in [-0.2, 0) is 0 Å². The fourth-order valence-electron chi connectivity index (χ4n) is 2.76. The number of rotatable bonds is 3. The van der Waals surface area contributed by atoms with Gasteiger partial charge in [0.1, 0.15) is 17.7 Å². The normalized spacial score (nSPS) is 20.6. The Morgan fingerprint density at radius 2 is 1.84 bits per heavy atom. The fourth-order valence-corrected chi connectivity index (χ4v) is 2.76. The van der Waals surface area contributed by atoms with Gasteiger partial charge in [-0.15, -0.1) is 0 Å². The van der Waals surface area contributed by atoms with E-state index in [1.165, 1.54) is 19.2 Å². The molecule has 1 atom stereocenters. The second kappa shape index (κ2) is 5.88. The van der Waals surface area contributed by atoms with Gasteiger partial charge < -0.3 is 14.9 Å². The summed E-state index contributed by atoms with van der Waals surface area (Å²) in [6.07, 6.45) is 3.69. The van der Waals surface area contributed by atoms with Gasteiger partial charge in [-0.05, 0) is 25.0 Å². The van der Waals surface area contributed by atoms with Crippen molar-refractivity contribution in [3.8, 4) is 5.75 Å². The van der Waals surface area contributed by atoms with Crippen LogP contribution in [0, 0.1) is 5.82 Å². The molecule has 19 heavy (non-hydrogen) atoms. The topological polar surface area (TPSA) is 49.7 Å². The lowest BCUT2D eigenvalue weighted by Gasteiger charge is -2.32. The number of benzene rings is 1. The smallest absolute Gasteiger partial charge is 0.132 e. The molecule has 1 fully saturated rings. The first kappa shape index (κ1) is 14.3. The summed E-state index contributed by atoms with van der Waals surface area (Å²) in [6, 6.07) is 4.32. The number of halogens is 1. The average molecular weight is 268 g/mol. The summed E-state index contributed by atoms with van der Waals surface area (Å²) in [5, 5.41) is 20.9. The van der Waals surface area contributed by atoms with Crippen molar-refractivity contribution in [2.45, 2.75) is 50.2 Å². The molecule has 0 spiro atoms. The van der Waals surface area contributed by atoms with Crippen molar-refractivity contribution < 1.29 is 19.3 Å². The Morgan fingerprint density at radius 3 is 2.37 bits per heavy atom. The largest absolute Gasteiger partial charge is 0.497 e. The van der Waals surface area contributed by atoms with Gasteiger partial charge in [0.05, 0.1) is 12.7 Å². The standard InChI is InChI=1S/C15H21FO3/c1-19-11-6-7-12(13(16)10-11)14(17)15(18)8-4-2-3-5-9-15/h6-7,10,14,17-18H,2-5,8-9H2,1H3. The Labute approximate surface area is 113 Å². The van der Waals surface area contributed by atoms with E-state index in [0.29, 0.717) is 18.6 Å². The highest BCUT2D eigenvalue weighted by Gasteiger charge is 2.38. The second-order valence-corrected chi connectivity index (χ2v) is 5.31. The van der Waals surface area contributed by atoms with Crippen molar-refractivity contribution in [1.29, 1.82) is 0 Å².